The van der Waals surface area contributed by atoms with Crippen molar-refractivity contribution in [3.8, 4) is 0 Å². The van der Waals surface area contributed by atoms with Crippen molar-refractivity contribution < 1.29 is 19.0 Å². The van der Waals surface area contributed by atoms with Crippen LogP contribution in [0.4, 0.5) is 4.79 Å². The van der Waals surface area contributed by atoms with Crippen LogP contribution in [-0.2, 0) is 14.2 Å². The number of methoxy groups -OCH3 is 1. The Bertz CT molecular complexity index is 306. The van der Waals surface area contributed by atoms with Gasteiger partial charge in [-0.05, 0) is 46.5 Å². The van der Waals surface area contributed by atoms with Gasteiger partial charge in [-0.2, -0.15) is 0 Å². The molecule has 5 heteroatoms. The van der Waals surface area contributed by atoms with Crippen LogP contribution in [0.3, 0.4) is 0 Å². The second kappa shape index (κ2) is 10.1. The highest BCUT2D eigenvalue weighted by Gasteiger charge is 2.26. The van der Waals surface area contributed by atoms with Crippen molar-refractivity contribution in [1.82, 2.24) is 4.90 Å². The van der Waals surface area contributed by atoms with E-state index in [1.165, 1.54) is 12.8 Å². The van der Waals surface area contributed by atoms with Crippen LogP contribution in [0, 0.1) is 0 Å². The standard InChI is InChI=1S/C17H33NO4/c1-17(2,3)22-16(19)18-11-9-15(10-12-18)21-14-8-6-5-7-13-20-4/h15H,5-14H2,1-4H3. The summed E-state index contributed by atoms with van der Waals surface area (Å²) in [5, 5.41) is 0. The van der Waals surface area contributed by atoms with Gasteiger partial charge in [-0.25, -0.2) is 4.79 Å². The summed E-state index contributed by atoms with van der Waals surface area (Å²) in [5.74, 6) is 0. The quantitative estimate of drug-likeness (QED) is 0.642. The number of piperidine rings is 1. The lowest BCUT2D eigenvalue weighted by molar-refractivity contribution is -0.0121. The van der Waals surface area contributed by atoms with Gasteiger partial charge >= 0.3 is 6.09 Å². The van der Waals surface area contributed by atoms with Crippen molar-refractivity contribution >= 4 is 6.09 Å². The van der Waals surface area contributed by atoms with E-state index in [0.29, 0.717) is 0 Å². The van der Waals surface area contributed by atoms with Crippen LogP contribution in [0.15, 0.2) is 0 Å². The first-order valence-electron chi connectivity index (χ1n) is 8.51. The Labute approximate surface area is 135 Å². The van der Waals surface area contributed by atoms with E-state index in [0.717, 1.165) is 52.0 Å². The molecule has 1 heterocycles. The average molecular weight is 315 g/mol. The average Bonchev–Trinajstić information content (AvgIpc) is 2.45. The van der Waals surface area contributed by atoms with Crippen LogP contribution in [0.25, 0.3) is 0 Å². The molecule has 0 N–H and O–H groups in total. The van der Waals surface area contributed by atoms with Gasteiger partial charge in [0.1, 0.15) is 5.60 Å². The second-order valence-electron chi connectivity index (χ2n) is 6.94. The van der Waals surface area contributed by atoms with Crippen molar-refractivity contribution in [1.29, 1.82) is 0 Å². The van der Waals surface area contributed by atoms with Gasteiger partial charge in [0.2, 0.25) is 0 Å². The summed E-state index contributed by atoms with van der Waals surface area (Å²) in [6.45, 7) is 8.82. The number of hydrogen-bond acceptors (Lipinski definition) is 4. The highest BCUT2D eigenvalue weighted by Crippen LogP contribution is 2.17. The normalized spacial score (nSPS) is 16.8. The zero-order valence-electron chi connectivity index (χ0n) is 14.7. The lowest BCUT2D eigenvalue weighted by Crippen LogP contribution is -2.43. The minimum Gasteiger partial charge on any atom is -0.444 e. The van der Waals surface area contributed by atoms with Crippen molar-refractivity contribution in [2.45, 2.75) is 71.0 Å². The van der Waals surface area contributed by atoms with E-state index in [1.54, 1.807) is 12.0 Å². The van der Waals surface area contributed by atoms with Crippen LogP contribution < -0.4 is 0 Å². The van der Waals surface area contributed by atoms with Crippen LogP contribution in [0.2, 0.25) is 0 Å². The number of ether oxygens (including phenoxy) is 3. The lowest BCUT2D eigenvalue weighted by atomic mass is 10.1. The summed E-state index contributed by atoms with van der Waals surface area (Å²) < 4.78 is 16.3. The zero-order chi connectivity index (χ0) is 16.4. The number of amides is 1. The first kappa shape index (κ1) is 19.2. The van der Waals surface area contributed by atoms with E-state index in [1.807, 2.05) is 20.8 Å². The zero-order valence-corrected chi connectivity index (χ0v) is 14.7. The first-order chi connectivity index (χ1) is 10.4. The molecule has 0 aromatic heterocycles. The van der Waals surface area contributed by atoms with Crippen LogP contribution in [-0.4, -0.2) is 56.1 Å². The van der Waals surface area contributed by atoms with Gasteiger partial charge in [-0.15, -0.1) is 0 Å². The molecule has 1 aliphatic heterocycles. The van der Waals surface area contributed by atoms with Gasteiger partial charge in [-0.3, -0.25) is 0 Å². The van der Waals surface area contributed by atoms with E-state index in [4.69, 9.17) is 14.2 Å². The second-order valence-corrected chi connectivity index (χ2v) is 6.94. The summed E-state index contributed by atoms with van der Waals surface area (Å²) in [6, 6.07) is 0. The van der Waals surface area contributed by atoms with Crippen molar-refractivity contribution in [3.63, 3.8) is 0 Å². The molecule has 1 aliphatic rings. The summed E-state index contributed by atoms with van der Waals surface area (Å²) in [6.07, 6.45) is 6.53. The summed E-state index contributed by atoms with van der Waals surface area (Å²) >= 11 is 0. The molecule has 0 unspecified atom stereocenters. The monoisotopic (exact) mass is 315 g/mol. The van der Waals surface area contributed by atoms with Crippen LogP contribution in [0.5, 0.6) is 0 Å². The van der Waals surface area contributed by atoms with E-state index >= 15 is 0 Å². The van der Waals surface area contributed by atoms with Crippen LogP contribution >= 0.6 is 0 Å². The molecule has 1 saturated heterocycles. The number of hydrogen-bond donors (Lipinski definition) is 0. The minimum atomic E-state index is -0.423. The van der Waals surface area contributed by atoms with Gasteiger partial charge in [0.05, 0.1) is 6.10 Å². The maximum atomic E-state index is 12.0. The van der Waals surface area contributed by atoms with Crippen molar-refractivity contribution in [2.24, 2.45) is 0 Å². The van der Waals surface area contributed by atoms with E-state index < -0.39 is 5.60 Å². The fourth-order valence-corrected chi connectivity index (χ4v) is 2.48. The summed E-state index contributed by atoms with van der Waals surface area (Å²) in [7, 11) is 1.74. The molecule has 0 saturated carbocycles. The van der Waals surface area contributed by atoms with E-state index in [-0.39, 0.29) is 12.2 Å². The number of carbonyl (C=O) groups excluding carboxylic acids is 1. The molecule has 0 aliphatic carbocycles. The topological polar surface area (TPSA) is 48.0 Å². The third-order valence-corrected chi connectivity index (χ3v) is 3.69. The third kappa shape index (κ3) is 8.59. The number of carbonyl (C=O) groups is 1. The van der Waals surface area contributed by atoms with Crippen molar-refractivity contribution in [2.75, 3.05) is 33.4 Å². The predicted molar refractivity (Wildman–Crippen MR) is 87.1 cm³/mol. The van der Waals surface area contributed by atoms with Gasteiger partial charge < -0.3 is 19.1 Å². The Balaban J connectivity index is 2.06. The molecule has 0 atom stereocenters. The fourth-order valence-electron chi connectivity index (χ4n) is 2.48. The third-order valence-electron chi connectivity index (χ3n) is 3.69. The van der Waals surface area contributed by atoms with Gasteiger partial charge in [0.15, 0.2) is 0 Å². The largest absolute Gasteiger partial charge is 0.444 e. The molecule has 130 valence electrons. The molecule has 1 rings (SSSR count). The first-order valence-corrected chi connectivity index (χ1v) is 8.51. The SMILES string of the molecule is COCCCCCCOC1CCN(C(=O)OC(C)(C)C)CC1. The lowest BCUT2D eigenvalue weighted by Gasteiger charge is -2.33. The molecule has 0 aromatic carbocycles. The molecule has 22 heavy (non-hydrogen) atoms. The number of likely N-dealkylation sites (tertiary alicyclic amines) is 1. The van der Waals surface area contributed by atoms with Crippen molar-refractivity contribution in [3.05, 3.63) is 0 Å². The van der Waals surface area contributed by atoms with Crippen LogP contribution in [0.1, 0.15) is 59.3 Å². The maximum absolute atomic E-state index is 12.0. The number of rotatable bonds is 8. The molecule has 1 fully saturated rings. The molecular weight excluding hydrogens is 282 g/mol. The molecule has 1 amide bonds. The minimum absolute atomic E-state index is 0.205. The molecule has 0 aromatic rings. The fraction of sp³-hybridized carbons (Fsp3) is 0.941. The Hall–Kier alpha value is -0.810. The molecule has 5 nitrogen and oxygen atoms in total. The highest BCUT2D eigenvalue weighted by atomic mass is 16.6. The number of unbranched alkanes of at least 4 members (excludes halogenated alkanes) is 3. The molecule has 0 bridgehead atoms. The highest BCUT2D eigenvalue weighted by molar-refractivity contribution is 5.68. The molecular formula is C17H33NO4. The van der Waals surface area contributed by atoms with Gasteiger partial charge in [-0.1, -0.05) is 12.8 Å². The molecule has 0 radical (unpaired) electrons. The van der Waals surface area contributed by atoms with Gasteiger partial charge in [0, 0.05) is 33.4 Å². The maximum Gasteiger partial charge on any atom is 0.410 e. The Morgan fingerprint density at radius 1 is 1.05 bits per heavy atom. The predicted octanol–water partition coefficient (Wildman–Crippen LogP) is 3.61. The van der Waals surface area contributed by atoms with Gasteiger partial charge in [0.25, 0.3) is 0 Å². The Morgan fingerprint density at radius 3 is 2.18 bits per heavy atom. The Kier molecular flexibility index (Phi) is 8.79. The summed E-state index contributed by atoms with van der Waals surface area (Å²) in [4.78, 5) is 13.7. The Morgan fingerprint density at radius 2 is 1.64 bits per heavy atom. The molecule has 0 spiro atoms. The van der Waals surface area contributed by atoms with E-state index in [2.05, 4.69) is 0 Å². The summed E-state index contributed by atoms with van der Waals surface area (Å²) in [5.41, 5.74) is -0.423. The van der Waals surface area contributed by atoms with E-state index in [9.17, 15) is 4.79 Å². The smallest absolute Gasteiger partial charge is 0.410 e. The number of nitrogens with zero attached hydrogens (tertiary/aromatic N) is 1.